The summed E-state index contributed by atoms with van der Waals surface area (Å²) in [7, 11) is -1.74. The van der Waals surface area contributed by atoms with E-state index in [9.17, 15) is 8.42 Å². The molecule has 0 saturated carbocycles. The minimum Gasteiger partial charge on any atom is -0.315 e. The van der Waals surface area contributed by atoms with Crippen LogP contribution in [0.15, 0.2) is 10.3 Å². The molecule has 19 heavy (non-hydrogen) atoms. The van der Waals surface area contributed by atoms with Crippen LogP contribution in [0.1, 0.15) is 15.4 Å². The van der Waals surface area contributed by atoms with Crippen LogP contribution in [0.25, 0.3) is 0 Å². The Balaban J connectivity index is 2.26. The monoisotopic (exact) mass is 318 g/mol. The van der Waals surface area contributed by atoms with Gasteiger partial charge in [-0.15, -0.1) is 21.5 Å². The lowest BCUT2D eigenvalue weighted by Gasteiger charge is -2.00. The summed E-state index contributed by atoms with van der Waals surface area (Å²) in [5.41, 5.74) is 0.966. The van der Waals surface area contributed by atoms with Crippen LogP contribution in [-0.2, 0) is 16.6 Å². The lowest BCUT2D eigenvalue weighted by atomic mass is 10.3. The van der Waals surface area contributed by atoms with Crippen LogP contribution in [0, 0.1) is 13.8 Å². The van der Waals surface area contributed by atoms with E-state index in [1.165, 1.54) is 22.7 Å². The first kappa shape index (κ1) is 14.4. The van der Waals surface area contributed by atoms with Gasteiger partial charge in [0.1, 0.15) is 9.22 Å². The Labute approximate surface area is 119 Å². The molecule has 6 nitrogen and oxygen atoms in total. The zero-order chi connectivity index (χ0) is 14.0. The maximum absolute atomic E-state index is 12.2. The Hall–Kier alpha value is -1.03. The number of sulfonamides is 1. The van der Waals surface area contributed by atoms with Crippen molar-refractivity contribution in [3.63, 3.8) is 0 Å². The topological polar surface area (TPSA) is 84.0 Å². The fourth-order valence-corrected chi connectivity index (χ4v) is 4.88. The van der Waals surface area contributed by atoms with E-state index in [0.29, 0.717) is 15.9 Å². The first-order valence-electron chi connectivity index (χ1n) is 5.49. The van der Waals surface area contributed by atoms with Gasteiger partial charge in [-0.05, 0) is 32.5 Å². The standard InChI is InChI=1S/C10H14N4O2S3/c1-6-4-9(18-8(6)5-11-3)19(15,16)14-10-13-12-7(2)17-10/h4,11H,5H2,1-3H3,(H,13,14). The van der Waals surface area contributed by atoms with Crippen LogP contribution in [0.5, 0.6) is 0 Å². The summed E-state index contributed by atoms with van der Waals surface area (Å²) in [6.45, 7) is 4.33. The van der Waals surface area contributed by atoms with Crippen LogP contribution in [-0.4, -0.2) is 25.7 Å². The molecule has 0 aliphatic carbocycles. The van der Waals surface area contributed by atoms with Crippen LogP contribution in [0.2, 0.25) is 0 Å². The van der Waals surface area contributed by atoms with E-state index in [4.69, 9.17) is 0 Å². The van der Waals surface area contributed by atoms with Gasteiger partial charge in [-0.25, -0.2) is 8.42 Å². The Morgan fingerprint density at radius 3 is 2.58 bits per heavy atom. The largest absolute Gasteiger partial charge is 0.315 e. The lowest BCUT2D eigenvalue weighted by Crippen LogP contribution is -2.11. The van der Waals surface area contributed by atoms with Gasteiger partial charge >= 0.3 is 0 Å². The minimum atomic E-state index is -3.57. The maximum atomic E-state index is 12.2. The highest BCUT2D eigenvalue weighted by Crippen LogP contribution is 2.28. The number of hydrogen-bond acceptors (Lipinski definition) is 7. The summed E-state index contributed by atoms with van der Waals surface area (Å²) >= 11 is 2.47. The number of aromatic nitrogens is 2. The summed E-state index contributed by atoms with van der Waals surface area (Å²) < 4.78 is 27.1. The van der Waals surface area contributed by atoms with Crippen molar-refractivity contribution in [3.8, 4) is 0 Å². The molecule has 0 unspecified atom stereocenters. The van der Waals surface area contributed by atoms with Gasteiger partial charge in [0.15, 0.2) is 0 Å². The van der Waals surface area contributed by atoms with Crippen LogP contribution >= 0.6 is 22.7 Å². The van der Waals surface area contributed by atoms with Crippen molar-refractivity contribution in [2.75, 3.05) is 11.8 Å². The second-order valence-electron chi connectivity index (χ2n) is 3.93. The number of aryl methyl sites for hydroxylation is 2. The molecular formula is C10H14N4O2S3. The van der Waals surface area contributed by atoms with Crippen LogP contribution in [0.4, 0.5) is 5.13 Å². The zero-order valence-electron chi connectivity index (χ0n) is 10.7. The molecule has 104 valence electrons. The molecule has 0 aliphatic rings. The van der Waals surface area contributed by atoms with Gasteiger partial charge in [0.25, 0.3) is 10.0 Å². The van der Waals surface area contributed by atoms with Crippen molar-refractivity contribution in [2.24, 2.45) is 0 Å². The molecule has 0 spiro atoms. The number of thiophene rings is 1. The van der Waals surface area contributed by atoms with Gasteiger partial charge in [0.2, 0.25) is 5.13 Å². The molecule has 0 atom stereocenters. The normalized spacial score (nSPS) is 11.7. The fraction of sp³-hybridized carbons (Fsp3) is 0.400. The summed E-state index contributed by atoms with van der Waals surface area (Å²) in [6.07, 6.45) is 0. The molecule has 0 radical (unpaired) electrons. The highest BCUT2D eigenvalue weighted by molar-refractivity contribution is 7.94. The fourth-order valence-electron chi connectivity index (χ4n) is 1.46. The van der Waals surface area contributed by atoms with E-state index < -0.39 is 10.0 Å². The van der Waals surface area contributed by atoms with Crippen molar-refractivity contribution in [2.45, 2.75) is 24.6 Å². The van der Waals surface area contributed by atoms with Crippen molar-refractivity contribution < 1.29 is 8.42 Å². The average Bonchev–Trinajstić information content (AvgIpc) is 2.87. The van der Waals surface area contributed by atoms with Gasteiger partial charge < -0.3 is 5.32 Å². The molecule has 0 bridgehead atoms. The molecule has 2 N–H and O–H groups in total. The Kier molecular flexibility index (Phi) is 4.19. The van der Waals surface area contributed by atoms with Gasteiger partial charge in [0.05, 0.1) is 0 Å². The van der Waals surface area contributed by atoms with Crippen molar-refractivity contribution >= 4 is 37.8 Å². The summed E-state index contributed by atoms with van der Waals surface area (Å²) in [4.78, 5) is 1.01. The molecule has 2 heterocycles. The summed E-state index contributed by atoms with van der Waals surface area (Å²) in [5.74, 6) is 0. The van der Waals surface area contributed by atoms with Crippen LogP contribution in [0.3, 0.4) is 0 Å². The SMILES string of the molecule is CNCc1sc(S(=O)(=O)Nc2nnc(C)s2)cc1C. The van der Waals surface area contributed by atoms with Gasteiger partial charge in [-0.3, -0.25) is 4.72 Å². The van der Waals surface area contributed by atoms with E-state index >= 15 is 0 Å². The van der Waals surface area contributed by atoms with E-state index in [1.54, 1.807) is 13.0 Å². The average molecular weight is 318 g/mol. The smallest absolute Gasteiger partial charge is 0.273 e. The molecule has 0 amide bonds. The lowest BCUT2D eigenvalue weighted by molar-refractivity contribution is 0.603. The third-order valence-electron chi connectivity index (χ3n) is 2.35. The highest BCUT2D eigenvalue weighted by atomic mass is 32.2. The number of nitrogens with zero attached hydrogens (tertiary/aromatic N) is 2. The second-order valence-corrected chi connectivity index (χ2v) is 8.16. The molecule has 9 heteroatoms. The predicted octanol–water partition coefficient (Wildman–Crippen LogP) is 1.74. The predicted molar refractivity (Wildman–Crippen MR) is 77.3 cm³/mol. The molecule has 2 aromatic heterocycles. The Bertz CT molecular complexity index is 675. The number of anilines is 1. The Morgan fingerprint density at radius 2 is 2.00 bits per heavy atom. The molecular weight excluding hydrogens is 304 g/mol. The van der Waals surface area contributed by atoms with Crippen molar-refractivity contribution in [1.29, 1.82) is 0 Å². The molecule has 2 rings (SSSR count). The highest BCUT2D eigenvalue weighted by Gasteiger charge is 2.20. The third kappa shape index (κ3) is 3.30. The van der Waals surface area contributed by atoms with Crippen LogP contribution < -0.4 is 10.0 Å². The second kappa shape index (κ2) is 5.53. The van der Waals surface area contributed by atoms with E-state index in [-0.39, 0.29) is 0 Å². The summed E-state index contributed by atoms with van der Waals surface area (Å²) in [6, 6.07) is 1.67. The third-order valence-corrected chi connectivity index (χ3v) is 6.28. The van der Waals surface area contributed by atoms with Crippen molar-refractivity contribution in [3.05, 3.63) is 21.5 Å². The van der Waals surface area contributed by atoms with Crippen molar-refractivity contribution in [1.82, 2.24) is 15.5 Å². The van der Waals surface area contributed by atoms with Gasteiger partial charge in [-0.2, -0.15) is 0 Å². The molecule has 0 aromatic carbocycles. The van der Waals surface area contributed by atoms with E-state index in [0.717, 1.165) is 15.4 Å². The molecule has 0 aliphatic heterocycles. The number of nitrogens with one attached hydrogen (secondary N) is 2. The van der Waals surface area contributed by atoms with Gasteiger partial charge in [0, 0.05) is 11.4 Å². The van der Waals surface area contributed by atoms with E-state index in [2.05, 4.69) is 20.2 Å². The van der Waals surface area contributed by atoms with Gasteiger partial charge in [-0.1, -0.05) is 11.3 Å². The van der Waals surface area contributed by atoms with E-state index in [1.807, 2.05) is 14.0 Å². The maximum Gasteiger partial charge on any atom is 0.273 e. The zero-order valence-corrected chi connectivity index (χ0v) is 13.2. The minimum absolute atomic E-state index is 0.290. The first-order chi connectivity index (χ1) is 8.92. The molecule has 0 saturated heterocycles. The molecule has 0 fully saturated rings. The summed E-state index contributed by atoms with van der Waals surface area (Å²) in [5, 5.41) is 11.6. The number of hydrogen-bond donors (Lipinski definition) is 2. The Morgan fingerprint density at radius 1 is 1.26 bits per heavy atom. The first-order valence-corrected chi connectivity index (χ1v) is 8.61. The number of rotatable bonds is 5. The quantitative estimate of drug-likeness (QED) is 0.877. The molecule has 2 aromatic rings.